The number of nitrogens with zero attached hydrogens (tertiary/aromatic N) is 5. The number of aromatic nitrogens is 2. The minimum Gasteiger partial charge on any atom is -0.416 e. The number of aliphatic hydroxyl groups excluding tert-OH is 1. The van der Waals surface area contributed by atoms with Crippen LogP contribution in [-0.4, -0.2) is 95.1 Å². The summed E-state index contributed by atoms with van der Waals surface area (Å²) in [5.41, 5.74) is 5.61. The molecular weight excluding hydrogens is 709 g/mol. The number of hydrogen-bond donors (Lipinski definition) is 1. The van der Waals surface area contributed by atoms with Crippen LogP contribution >= 0.6 is 23.2 Å². The van der Waals surface area contributed by atoms with E-state index in [4.69, 9.17) is 33.0 Å². The number of carbonyl (C=O) groups is 1. The molecule has 3 aliphatic rings. The SMILES string of the molecule is C=C(C)OC(=O)N1CCC(C2CCN(C[C@H](O)Cn3nc(-c4ccc(Cl)c(CCc5ccc(Cl)cc5)c4)c4c3CCN(S(C)(=O)=O)C4)CC2)CC1. The fourth-order valence-electron chi connectivity index (χ4n) is 7.91. The molecule has 1 atom stereocenters. The van der Waals surface area contributed by atoms with E-state index in [1.165, 1.54) is 10.6 Å². The second-order valence-electron chi connectivity index (χ2n) is 14.4. The van der Waals surface area contributed by atoms with Gasteiger partial charge in [0.2, 0.25) is 10.0 Å². The highest BCUT2D eigenvalue weighted by Crippen LogP contribution is 2.35. The summed E-state index contributed by atoms with van der Waals surface area (Å²) in [7, 11) is -3.40. The number of carbonyl (C=O) groups excluding carboxylic acids is 1. The number of hydrogen-bond acceptors (Lipinski definition) is 7. The largest absolute Gasteiger partial charge is 0.416 e. The van der Waals surface area contributed by atoms with Crippen LogP contribution in [0.5, 0.6) is 0 Å². The molecule has 3 aromatic rings. The van der Waals surface area contributed by atoms with E-state index in [1.54, 1.807) is 11.8 Å². The number of aryl methyl sites for hydroxylation is 2. The van der Waals surface area contributed by atoms with Gasteiger partial charge in [-0.2, -0.15) is 9.40 Å². The summed E-state index contributed by atoms with van der Waals surface area (Å²) in [6.07, 6.45) is 6.49. The first kappa shape index (κ1) is 37.8. The quantitative estimate of drug-likeness (QED) is 0.225. The fourth-order valence-corrected chi connectivity index (χ4v) is 9.03. The number of allylic oxidation sites excluding steroid dienone is 1. The van der Waals surface area contributed by atoms with Gasteiger partial charge < -0.3 is 19.6 Å². The summed E-state index contributed by atoms with van der Waals surface area (Å²) in [6.45, 7) is 10.1. The summed E-state index contributed by atoms with van der Waals surface area (Å²) in [4.78, 5) is 16.4. The van der Waals surface area contributed by atoms with Crippen LogP contribution < -0.4 is 0 Å². The highest BCUT2D eigenvalue weighted by Gasteiger charge is 2.33. The molecule has 1 aromatic heterocycles. The van der Waals surface area contributed by atoms with E-state index < -0.39 is 16.1 Å². The summed E-state index contributed by atoms with van der Waals surface area (Å²) in [5, 5.41) is 17.8. The van der Waals surface area contributed by atoms with Crippen LogP contribution in [0.15, 0.2) is 54.8 Å². The number of β-amino-alcohol motifs (C(OH)–C–C–N with tert-alkyl or cyclic N) is 1. The minimum absolute atomic E-state index is 0.240. The standard InChI is InChI=1S/C38H49Cl2N5O5S/c1-26(2)50-38(47)43-19-14-29(15-20-43)28-12-17-42(18-13-28)23-33(46)24-45-36-16-21-44(51(3,48)49)25-34(36)37(41-45)31-8-11-35(40)30(22-31)7-4-27-5-9-32(39)10-6-27/h5-6,8-11,22,28-29,33,46H,1,4,7,12-21,23-25H2,2-3H3/t33-/m0/s1. The molecule has 0 aliphatic carbocycles. The van der Waals surface area contributed by atoms with Crippen molar-refractivity contribution in [1.82, 2.24) is 23.9 Å². The zero-order chi connectivity index (χ0) is 36.3. The number of sulfonamides is 1. The molecule has 13 heteroatoms. The van der Waals surface area contributed by atoms with Crippen molar-refractivity contribution in [2.45, 2.75) is 71.1 Å². The first-order valence-electron chi connectivity index (χ1n) is 17.9. The molecule has 1 N–H and O–H groups in total. The topological polar surface area (TPSA) is 108 Å². The summed E-state index contributed by atoms with van der Waals surface area (Å²) in [6, 6.07) is 13.7. The maximum atomic E-state index is 12.6. The molecule has 6 rings (SSSR count). The fraction of sp³-hybridized carbons (Fsp3) is 0.526. The number of rotatable bonds is 11. The average molecular weight is 759 g/mol. The minimum atomic E-state index is -3.40. The molecule has 0 bridgehead atoms. The highest BCUT2D eigenvalue weighted by molar-refractivity contribution is 7.88. The number of halogens is 2. The Morgan fingerprint density at radius 3 is 2.29 bits per heavy atom. The number of aliphatic hydroxyl groups is 1. The molecule has 2 aromatic carbocycles. The summed E-state index contributed by atoms with van der Waals surface area (Å²) < 4.78 is 33.8. The Balaban J connectivity index is 1.10. The number of benzene rings is 2. The molecule has 0 radical (unpaired) electrons. The third-order valence-electron chi connectivity index (χ3n) is 10.7. The predicted molar refractivity (Wildman–Crippen MR) is 201 cm³/mol. The molecule has 1 amide bonds. The summed E-state index contributed by atoms with van der Waals surface area (Å²) in [5.74, 6) is 1.63. The maximum absolute atomic E-state index is 12.6. The van der Waals surface area contributed by atoms with Gasteiger partial charge in [0.25, 0.3) is 0 Å². The molecular formula is C38H49Cl2N5O5S. The number of fused-ring (bicyclic) bond motifs is 1. The van der Waals surface area contributed by atoms with Gasteiger partial charge in [-0.1, -0.05) is 48.0 Å². The Morgan fingerprint density at radius 1 is 0.980 bits per heavy atom. The van der Waals surface area contributed by atoms with Crippen molar-refractivity contribution >= 4 is 39.3 Å². The molecule has 0 saturated carbocycles. The van der Waals surface area contributed by atoms with Crippen LogP contribution in [0.1, 0.15) is 55.0 Å². The zero-order valence-corrected chi connectivity index (χ0v) is 31.9. The Kier molecular flexibility index (Phi) is 12.2. The predicted octanol–water partition coefficient (Wildman–Crippen LogP) is 6.41. The molecule has 10 nitrogen and oxygen atoms in total. The molecule has 0 unspecified atom stereocenters. The average Bonchev–Trinajstić information content (AvgIpc) is 3.45. The monoisotopic (exact) mass is 757 g/mol. The molecule has 276 valence electrons. The van der Waals surface area contributed by atoms with Crippen LogP contribution in [-0.2, 0) is 47.1 Å². The van der Waals surface area contributed by atoms with Gasteiger partial charge in [0.1, 0.15) is 0 Å². The normalized spacial score (nSPS) is 18.8. The molecule has 51 heavy (non-hydrogen) atoms. The zero-order valence-electron chi connectivity index (χ0n) is 29.6. The van der Waals surface area contributed by atoms with Gasteiger partial charge in [-0.15, -0.1) is 0 Å². The van der Waals surface area contributed by atoms with E-state index in [0.29, 0.717) is 66.8 Å². The smallest absolute Gasteiger partial charge is 0.414 e. The molecule has 4 heterocycles. The van der Waals surface area contributed by atoms with E-state index in [9.17, 15) is 18.3 Å². The van der Waals surface area contributed by atoms with Gasteiger partial charge in [-0.3, -0.25) is 4.68 Å². The van der Waals surface area contributed by atoms with E-state index in [-0.39, 0.29) is 12.6 Å². The van der Waals surface area contributed by atoms with Crippen molar-refractivity contribution in [3.63, 3.8) is 0 Å². The first-order valence-corrected chi connectivity index (χ1v) is 20.5. The number of ether oxygens (including phenoxy) is 1. The van der Waals surface area contributed by atoms with Crippen molar-refractivity contribution in [2.75, 3.05) is 45.5 Å². The van der Waals surface area contributed by atoms with Gasteiger partial charge in [0.15, 0.2) is 0 Å². The third kappa shape index (κ3) is 9.55. The third-order valence-corrected chi connectivity index (χ3v) is 12.6. The van der Waals surface area contributed by atoms with Gasteiger partial charge in [-0.05, 0) is 106 Å². The lowest BCUT2D eigenvalue weighted by Gasteiger charge is -2.40. The van der Waals surface area contributed by atoms with Crippen molar-refractivity contribution < 1.29 is 23.1 Å². The summed E-state index contributed by atoms with van der Waals surface area (Å²) >= 11 is 12.7. The van der Waals surface area contributed by atoms with Crippen molar-refractivity contribution in [1.29, 1.82) is 0 Å². The Morgan fingerprint density at radius 2 is 1.65 bits per heavy atom. The second-order valence-corrected chi connectivity index (χ2v) is 17.2. The Labute approximate surface area is 312 Å². The number of likely N-dealkylation sites (tertiary alicyclic amines) is 2. The van der Waals surface area contributed by atoms with Gasteiger partial charge in [0.05, 0.1) is 30.4 Å². The molecule has 2 fully saturated rings. The first-order chi connectivity index (χ1) is 24.3. The van der Waals surface area contributed by atoms with Gasteiger partial charge in [0, 0.05) is 66.0 Å². The second kappa shape index (κ2) is 16.4. The van der Waals surface area contributed by atoms with E-state index in [1.807, 2.05) is 41.1 Å². The maximum Gasteiger partial charge on any atom is 0.414 e. The highest BCUT2D eigenvalue weighted by atomic mass is 35.5. The van der Waals surface area contributed by atoms with Crippen molar-refractivity contribution in [3.05, 3.63) is 87.2 Å². The van der Waals surface area contributed by atoms with E-state index in [2.05, 4.69) is 17.5 Å². The van der Waals surface area contributed by atoms with E-state index in [0.717, 1.165) is 85.3 Å². The molecule has 2 saturated heterocycles. The number of piperidine rings is 2. The van der Waals surface area contributed by atoms with Crippen LogP contribution in [0.3, 0.4) is 0 Å². The number of amides is 1. The van der Waals surface area contributed by atoms with Crippen LogP contribution in [0.4, 0.5) is 4.79 Å². The molecule has 0 spiro atoms. The molecule has 3 aliphatic heterocycles. The Bertz CT molecular complexity index is 1820. The Hall–Kier alpha value is -2.93. The van der Waals surface area contributed by atoms with Crippen LogP contribution in [0.25, 0.3) is 11.3 Å². The van der Waals surface area contributed by atoms with Crippen LogP contribution in [0.2, 0.25) is 10.0 Å². The van der Waals surface area contributed by atoms with Crippen molar-refractivity contribution in [3.8, 4) is 11.3 Å². The lowest BCUT2D eigenvalue weighted by molar-refractivity contribution is 0.0540. The van der Waals surface area contributed by atoms with Crippen molar-refractivity contribution in [2.24, 2.45) is 11.8 Å². The lowest BCUT2D eigenvalue weighted by Crippen LogP contribution is -2.44. The van der Waals surface area contributed by atoms with Gasteiger partial charge >= 0.3 is 6.09 Å². The van der Waals surface area contributed by atoms with E-state index >= 15 is 0 Å². The van der Waals surface area contributed by atoms with Crippen LogP contribution in [0, 0.1) is 11.8 Å². The van der Waals surface area contributed by atoms with Gasteiger partial charge in [-0.25, -0.2) is 13.2 Å². The lowest BCUT2D eigenvalue weighted by atomic mass is 9.79.